The van der Waals surface area contributed by atoms with E-state index >= 15 is 0 Å². The fraction of sp³-hybridized carbons (Fsp3) is 0.357. The summed E-state index contributed by atoms with van der Waals surface area (Å²) in [4.78, 5) is 33.8. The number of hydrogen-bond acceptors (Lipinski definition) is 4. The van der Waals surface area contributed by atoms with Gasteiger partial charge in [-0.3, -0.25) is 25.2 Å². The second-order valence-electron chi connectivity index (χ2n) is 4.21. The van der Waals surface area contributed by atoms with Crippen molar-refractivity contribution >= 4 is 17.8 Å². The van der Waals surface area contributed by atoms with Crippen molar-refractivity contribution in [1.82, 2.24) is 10.9 Å². The summed E-state index contributed by atoms with van der Waals surface area (Å²) in [7, 11) is 0. The normalized spacial score (nSPS) is 11.3. The van der Waals surface area contributed by atoms with E-state index < -0.39 is 30.3 Å². The van der Waals surface area contributed by atoms with Gasteiger partial charge in [-0.2, -0.15) is 0 Å². The number of rotatable bonds is 5. The largest absolute Gasteiger partial charge is 0.455 e. The number of hydrazine groups is 1. The first-order chi connectivity index (χ1) is 9.54. The van der Waals surface area contributed by atoms with Crippen molar-refractivity contribution in [2.24, 2.45) is 0 Å². The van der Waals surface area contributed by atoms with E-state index in [0.29, 0.717) is 6.42 Å². The Morgan fingerprint density at radius 1 is 1.15 bits per heavy atom. The maximum absolute atomic E-state index is 11.9. The first-order valence-electron chi connectivity index (χ1n) is 6.31. The van der Waals surface area contributed by atoms with Crippen molar-refractivity contribution in [3.8, 4) is 0 Å². The molecule has 1 aromatic rings. The lowest BCUT2D eigenvalue weighted by molar-refractivity contribution is -0.150. The number of ether oxygens (including phenoxy) is 1. The maximum Gasteiger partial charge on any atom is 0.313 e. The maximum atomic E-state index is 11.9. The molecule has 0 aliphatic heterocycles. The lowest BCUT2D eigenvalue weighted by Gasteiger charge is -2.14. The number of esters is 1. The third-order valence-corrected chi connectivity index (χ3v) is 2.62. The van der Waals surface area contributed by atoms with Crippen LogP contribution >= 0.6 is 0 Å². The molecule has 0 aliphatic carbocycles. The molecule has 0 saturated heterocycles. The highest BCUT2D eigenvalue weighted by Gasteiger charge is 2.20. The molecule has 1 atom stereocenters. The van der Waals surface area contributed by atoms with Gasteiger partial charge >= 0.3 is 5.97 Å². The van der Waals surface area contributed by atoms with Gasteiger partial charge in [0.25, 0.3) is 5.91 Å². The van der Waals surface area contributed by atoms with Gasteiger partial charge in [-0.05, 0) is 12.0 Å². The van der Waals surface area contributed by atoms with Gasteiger partial charge in [-0.25, -0.2) is 0 Å². The van der Waals surface area contributed by atoms with Crippen LogP contribution in [0, 0.1) is 0 Å². The van der Waals surface area contributed by atoms with Crippen molar-refractivity contribution in [2.75, 3.05) is 6.61 Å². The third kappa shape index (κ3) is 5.09. The van der Waals surface area contributed by atoms with Gasteiger partial charge in [0.2, 0.25) is 5.91 Å². The smallest absolute Gasteiger partial charge is 0.313 e. The highest BCUT2D eigenvalue weighted by molar-refractivity contribution is 5.84. The van der Waals surface area contributed by atoms with Gasteiger partial charge in [0.1, 0.15) is 0 Å². The Kier molecular flexibility index (Phi) is 6.22. The SMILES string of the molecule is CC[C@@H](C(=O)OCC(=O)NNC(C)=O)c1ccccc1. The summed E-state index contributed by atoms with van der Waals surface area (Å²) in [5, 5.41) is 0. The number of amides is 2. The quantitative estimate of drug-likeness (QED) is 0.619. The predicted molar refractivity (Wildman–Crippen MR) is 72.4 cm³/mol. The lowest BCUT2D eigenvalue weighted by atomic mass is 9.97. The molecule has 1 aromatic carbocycles. The molecule has 0 fully saturated rings. The molecule has 0 unspecified atom stereocenters. The van der Waals surface area contributed by atoms with E-state index in [9.17, 15) is 14.4 Å². The third-order valence-electron chi connectivity index (χ3n) is 2.62. The van der Waals surface area contributed by atoms with Gasteiger partial charge in [0.15, 0.2) is 6.61 Å². The molecule has 0 aromatic heterocycles. The number of nitrogens with one attached hydrogen (secondary N) is 2. The molecule has 0 bridgehead atoms. The van der Waals surface area contributed by atoms with Gasteiger partial charge in [0.05, 0.1) is 5.92 Å². The first kappa shape index (κ1) is 15.7. The number of carbonyl (C=O) groups is 3. The molecular formula is C14H18N2O4. The zero-order valence-corrected chi connectivity index (χ0v) is 11.5. The highest BCUT2D eigenvalue weighted by atomic mass is 16.5. The summed E-state index contributed by atoms with van der Waals surface area (Å²) in [5.74, 6) is -1.85. The van der Waals surface area contributed by atoms with Crippen LogP contribution in [0.4, 0.5) is 0 Å². The molecule has 2 amide bonds. The van der Waals surface area contributed by atoms with Crippen LogP contribution in [0.25, 0.3) is 0 Å². The van der Waals surface area contributed by atoms with E-state index in [0.717, 1.165) is 5.56 Å². The van der Waals surface area contributed by atoms with Crippen LogP contribution in [0.3, 0.4) is 0 Å². The molecule has 0 radical (unpaired) electrons. The van der Waals surface area contributed by atoms with E-state index in [1.54, 1.807) is 0 Å². The zero-order valence-electron chi connectivity index (χ0n) is 11.5. The summed E-state index contributed by atoms with van der Waals surface area (Å²) < 4.78 is 4.94. The Bertz CT molecular complexity index is 473. The second kappa shape index (κ2) is 7.93. The average molecular weight is 278 g/mol. The van der Waals surface area contributed by atoms with Crippen molar-refractivity contribution in [3.63, 3.8) is 0 Å². The Balaban J connectivity index is 2.48. The second-order valence-corrected chi connectivity index (χ2v) is 4.21. The fourth-order valence-electron chi connectivity index (χ4n) is 1.65. The fourth-order valence-corrected chi connectivity index (χ4v) is 1.65. The molecule has 0 spiro atoms. The summed E-state index contributed by atoms with van der Waals surface area (Å²) in [6, 6.07) is 9.23. The molecule has 0 saturated carbocycles. The minimum atomic E-state index is -0.587. The monoisotopic (exact) mass is 278 g/mol. The average Bonchev–Trinajstić information content (AvgIpc) is 2.45. The first-order valence-corrected chi connectivity index (χ1v) is 6.31. The Hall–Kier alpha value is -2.37. The van der Waals surface area contributed by atoms with E-state index in [1.165, 1.54) is 6.92 Å². The molecule has 1 rings (SSSR count). The van der Waals surface area contributed by atoms with Gasteiger partial charge in [-0.15, -0.1) is 0 Å². The van der Waals surface area contributed by atoms with Crippen molar-refractivity contribution in [2.45, 2.75) is 26.2 Å². The number of hydrogen-bond donors (Lipinski definition) is 2. The topological polar surface area (TPSA) is 84.5 Å². The summed E-state index contributed by atoms with van der Waals surface area (Å²) >= 11 is 0. The Labute approximate surface area is 117 Å². The predicted octanol–water partition coefficient (Wildman–Crippen LogP) is 0.891. The molecule has 2 N–H and O–H groups in total. The summed E-state index contributed by atoms with van der Waals surface area (Å²) in [6.07, 6.45) is 0.580. The summed E-state index contributed by atoms with van der Waals surface area (Å²) in [5.41, 5.74) is 5.08. The molecule has 6 nitrogen and oxygen atoms in total. The van der Waals surface area contributed by atoms with Crippen molar-refractivity contribution in [3.05, 3.63) is 35.9 Å². The van der Waals surface area contributed by atoms with Gasteiger partial charge in [-0.1, -0.05) is 37.3 Å². The van der Waals surface area contributed by atoms with E-state index in [4.69, 9.17) is 4.74 Å². The van der Waals surface area contributed by atoms with Crippen LogP contribution in [0.15, 0.2) is 30.3 Å². The number of benzene rings is 1. The van der Waals surface area contributed by atoms with E-state index in [2.05, 4.69) is 10.9 Å². The van der Waals surface area contributed by atoms with Crippen LogP contribution in [-0.4, -0.2) is 24.4 Å². The molecule has 0 aliphatic rings. The Morgan fingerprint density at radius 3 is 2.35 bits per heavy atom. The zero-order chi connectivity index (χ0) is 15.0. The van der Waals surface area contributed by atoms with Crippen LogP contribution in [0.2, 0.25) is 0 Å². The van der Waals surface area contributed by atoms with Crippen LogP contribution in [-0.2, 0) is 19.1 Å². The molecule has 108 valence electrons. The summed E-state index contributed by atoms with van der Waals surface area (Å²) in [6.45, 7) is 2.70. The minimum absolute atomic E-state index is 0.398. The van der Waals surface area contributed by atoms with Crippen molar-refractivity contribution in [1.29, 1.82) is 0 Å². The van der Waals surface area contributed by atoms with Crippen molar-refractivity contribution < 1.29 is 19.1 Å². The van der Waals surface area contributed by atoms with Crippen LogP contribution in [0.1, 0.15) is 31.7 Å². The number of carbonyl (C=O) groups excluding carboxylic acids is 3. The van der Waals surface area contributed by atoms with Crippen LogP contribution < -0.4 is 10.9 Å². The highest BCUT2D eigenvalue weighted by Crippen LogP contribution is 2.20. The Morgan fingerprint density at radius 2 is 1.80 bits per heavy atom. The van der Waals surface area contributed by atoms with Gasteiger partial charge in [0, 0.05) is 6.92 Å². The minimum Gasteiger partial charge on any atom is -0.455 e. The van der Waals surface area contributed by atoms with E-state index in [1.807, 2.05) is 37.3 Å². The van der Waals surface area contributed by atoms with E-state index in [-0.39, 0.29) is 0 Å². The molecular weight excluding hydrogens is 260 g/mol. The molecule has 0 heterocycles. The van der Waals surface area contributed by atoms with Gasteiger partial charge < -0.3 is 4.74 Å². The lowest BCUT2D eigenvalue weighted by Crippen LogP contribution is -2.42. The molecule has 20 heavy (non-hydrogen) atoms. The standard InChI is InChI=1S/C14H18N2O4/c1-3-12(11-7-5-4-6-8-11)14(19)20-9-13(18)16-15-10(2)17/h4-8,12H,3,9H2,1-2H3,(H,15,17)(H,16,18)/t12-/m1/s1. The molecule has 6 heteroatoms. The van der Waals surface area contributed by atoms with Crippen LogP contribution in [0.5, 0.6) is 0 Å².